The number of hydrogen-bond acceptors (Lipinski definition) is 6. The monoisotopic (exact) mass is 349 g/mol. The van der Waals surface area contributed by atoms with E-state index in [1.165, 1.54) is 11.1 Å². The molecule has 0 saturated heterocycles. The smallest absolute Gasteiger partial charge is 0.152 e. The molecule has 1 aliphatic heterocycles. The van der Waals surface area contributed by atoms with E-state index in [0.717, 1.165) is 55.6 Å². The van der Waals surface area contributed by atoms with Crippen LogP contribution in [-0.4, -0.2) is 31.3 Å². The highest BCUT2D eigenvalue weighted by molar-refractivity contribution is 5.47. The van der Waals surface area contributed by atoms with E-state index in [1.54, 1.807) is 6.33 Å². The Balaban J connectivity index is 1.45. The molecule has 2 N–H and O–H groups in total. The van der Waals surface area contributed by atoms with Crippen LogP contribution in [0, 0.1) is 6.92 Å². The molecule has 2 aromatic heterocycles. The highest BCUT2D eigenvalue weighted by Gasteiger charge is 2.17. The fraction of sp³-hybridized carbons (Fsp3) is 0.368. The van der Waals surface area contributed by atoms with Crippen LogP contribution in [0.3, 0.4) is 0 Å². The summed E-state index contributed by atoms with van der Waals surface area (Å²) >= 11 is 0. The molecule has 0 unspecified atom stereocenters. The van der Waals surface area contributed by atoms with Crippen LogP contribution >= 0.6 is 0 Å². The van der Waals surface area contributed by atoms with Gasteiger partial charge in [0.05, 0.1) is 12.2 Å². The maximum Gasteiger partial charge on any atom is 0.152 e. The molecule has 0 bridgehead atoms. The van der Waals surface area contributed by atoms with E-state index in [-0.39, 0.29) is 0 Å². The zero-order chi connectivity index (χ0) is 17.8. The van der Waals surface area contributed by atoms with Gasteiger partial charge in [0, 0.05) is 18.7 Å². The molecule has 3 heterocycles. The predicted octanol–water partition coefficient (Wildman–Crippen LogP) is 1.88. The van der Waals surface area contributed by atoms with Gasteiger partial charge in [-0.2, -0.15) is 0 Å². The number of benzene rings is 1. The summed E-state index contributed by atoms with van der Waals surface area (Å²) in [5.74, 6) is 2.63. The molecule has 26 heavy (non-hydrogen) atoms. The second kappa shape index (κ2) is 7.61. The van der Waals surface area contributed by atoms with Gasteiger partial charge in [0.25, 0.3) is 0 Å². The molecule has 0 fully saturated rings. The predicted molar refractivity (Wildman–Crippen MR) is 99.7 cm³/mol. The molecule has 7 heteroatoms. The summed E-state index contributed by atoms with van der Waals surface area (Å²) in [6, 6.07) is 10.5. The van der Waals surface area contributed by atoms with Crippen molar-refractivity contribution < 1.29 is 0 Å². The lowest BCUT2D eigenvalue weighted by molar-refractivity contribution is 0.619. The third kappa shape index (κ3) is 3.72. The molecular weight excluding hydrogens is 326 g/mol. The average molecular weight is 349 g/mol. The maximum absolute atomic E-state index is 4.60. The van der Waals surface area contributed by atoms with Crippen LogP contribution in [0.5, 0.6) is 0 Å². The van der Waals surface area contributed by atoms with Crippen LogP contribution in [0.2, 0.25) is 0 Å². The largest absolute Gasteiger partial charge is 0.362 e. The summed E-state index contributed by atoms with van der Waals surface area (Å²) < 4.78 is 2.10. The second-order valence-corrected chi connectivity index (χ2v) is 6.50. The zero-order valence-corrected chi connectivity index (χ0v) is 14.9. The molecule has 3 aromatic rings. The summed E-state index contributed by atoms with van der Waals surface area (Å²) in [7, 11) is 0. The molecule has 1 aromatic carbocycles. The highest BCUT2D eigenvalue weighted by atomic mass is 15.3. The molecule has 4 rings (SSSR count). The Morgan fingerprint density at radius 2 is 2.08 bits per heavy atom. The lowest BCUT2D eigenvalue weighted by Crippen LogP contribution is -2.27. The minimum Gasteiger partial charge on any atom is -0.362 e. The first-order valence-electron chi connectivity index (χ1n) is 9.01. The summed E-state index contributed by atoms with van der Waals surface area (Å²) in [4.78, 5) is 9.15. The Bertz CT molecular complexity index is 873. The zero-order valence-electron chi connectivity index (χ0n) is 14.9. The molecule has 7 nitrogen and oxygen atoms in total. The second-order valence-electron chi connectivity index (χ2n) is 6.50. The Morgan fingerprint density at radius 1 is 1.19 bits per heavy atom. The van der Waals surface area contributed by atoms with Gasteiger partial charge in [-0.15, -0.1) is 10.2 Å². The van der Waals surface area contributed by atoms with Crippen LogP contribution in [0.4, 0.5) is 5.82 Å². The van der Waals surface area contributed by atoms with Crippen molar-refractivity contribution in [3.05, 3.63) is 65.1 Å². The minimum atomic E-state index is 0.602. The summed E-state index contributed by atoms with van der Waals surface area (Å²) in [5, 5.41) is 15.2. The van der Waals surface area contributed by atoms with Crippen molar-refractivity contribution in [3.63, 3.8) is 0 Å². The third-order valence-corrected chi connectivity index (χ3v) is 4.64. The third-order valence-electron chi connectivity index (χ3n) is 4.64. The maximum atomic E-state index is 4.60. The van der Waals surface area contributed by atoms with Crippen LogP contribution in [0.1, 0.15) is 28.5 Å². The van der Waals surface area contributed by atoms with Crippen molar-refractivity contribution in [2.45, 2.75) is 39.4 Å². The van der Waals surface area contributed by atoms with Crippen molar-refractivity contribution in [2.24, 2.45) is 0 Å². The van der Waals surface area contributed by atoms with Crippen LogP contribution < -0.4 is 10.6 Å². The Kier molecular flexibility index (Phi) is 4.88. The van der Waals surface area contributed by atoms with Gasteiger partial charge in [-0.3, -0.25) is 0 Å². The standard InChI is InChI=1S/C19H23N7/c1-14-23-17-11-20-9-7-16(17)19(24-14)21-12-18-25-22-13-26(18)10-8-15-5-3-2-4-6-15/h2-6,13,20H,7-12H2,1H3,(H,21,23,24). The van der Waals surface area contributed by atoms with Crippen LogP contribution in [-0.2, 0) is 32.5 Å². The van der Waals surface area contributed by atoms with Gasteiger partial charge >= 0.3 is 0 Å². The van der Waals surface area contributed by atoms with Crippen molar-refractivity contribution in [3.8, 4) is 0 Å². The number of hydrogen-bond donors (Lipinski definition) is 2. The number of rotatable bonds is 6. The van der Waals surface area contributed by atoms with Crippen molar-refractivity contribution in [1.29, 1.82) is 0 Å². The van der Waals surface area contributed by atoms with Crippen molar-refractivity contribution in [2.75, 3.05) is 11.9 Å². The normalized spacial score (nSPS) is 13.4. The van der Waals surface area contributed by atoms with E-state index < -0.39 is 0 Å². The number of nitrogens with one attached hydrogen (secondary N) is 2. The summed E-state index contributed by atoms with van der Waals surface area (Å²) in [6.45, 7) is 5.16. The fourth-order valence-electron chi connectivity index (χ4n) is 3.29. The van der Waals surface area contributed by atoms with E-state index >= 15 is 0 Å². The first-order valence-corrected chi connectivity index (χ1v) is 9.01. The number of aromatic nitrogens is 5. The molecular formula is C19H23N7. The highest BCUT2D eigenvalue weighted by Crippen LogP contribution is 2.20. The molecule has 0 aliphatic carbocycles. The first kappa shape index (κ1) is 16.7. The van der Waals surface area contributed by atoms with E-state index in [1.807, 2.05) is 13.0 Å². The topological polar surface area (TPSA) is 80.6 Å². The lowest BCUT2D eigenvalue weighted by atomic mass is 10.1. The van der Waals surface area contributed by atoms with Crippen LogP contribution in [0.25, 0.3) is 0 Å². The number of aryl methyl sites for hydroxylation is 3. The molecule has 0 radical (unpaired) electrons. The van der Waals surface area contributed by atoms with Crippen molar-refractivity contribution in [1.82, 2.24) is 30.0 Å². The number of nitrogens with zero attached hydrogens (tertiary/aromatic N) is 5. The molecule has 1 aliphatic rings. The van der Waals surface area contributed by atoms with Gasteiger partial charge in [0.15, 0.2) is 5.82 Å². The van der Waals surface area contributed by atoms with Gasteiger partial charge in [0.1, 0.15) is 18.0 Å². The van der Waals surface area contributed by atoms with E-state index in [2.05, 4.69) is 59.6 Å². The SMILES string of the molecule is Cc1nc2c(c(NCc3nncn3CCc3ccccc3)n1)CCNC2. The Labute approximate surface area is 152 Å². The lowest BCUT2D eigenvalue weighted by Gasteiger charge is -2.20. The van der Waals surface area contributed by atoms with Gasteiger partial charge in [0.2, 0.25) is 0 Å². The van der Waals surface area contributed by atoms with E-state index in [0.29, 0.717) is 6.54 Å². The molecule has 0 amide bonds. The average Bonchev–Trinajstić information content (AvgIpc) is 3.12. The molecule has 0 atom stereocenters. The first-order chi connectivity index (χ1) is 12.8. The molecule has 134 valence electrons. The van der Waals surface area contributed by atoms with E-state index in [9.17, 15) is 0 Å². The van der Waals surface area contributed by atoms with Gasteiger partial charge < -0.3 is 15.2 Å². The number of anilines is 1. The fourth-order valence-corrected chi connectivity index (χ4v) is 3.29. The Hall–Kier alpha value is -2.80. The van der Waals surface area contributed by atoms with Crippen LogP contribution in [0.15, 0.2) is 36.7 Å². The minimum absolute atomic E-state index is 0.602. The molecule has 0 saturated carbocycles. The van der Waals surface area contributed by atoms with Gasteiger partial charge in [-0.05, 0) is 31.9 Å². The summed E-state index contributed by atoms with van der Waals surface area (Å²) in [5.41, 5.74) is 3.62. The van der Waals surface area contributed by atoms with Gasteiger partial charge in [-0.1, -0.05) is 30.3 Å². The number of fused-ring (bicyclic) bond motifs is 1. The van der Waals surface area contributed by atoms with Crippen molar-refractivity contribution >= 4 is 5.82 Å². The quantitative estimate of drug-likeness (QED) is 0.707. The Morgan fingerprint density at radius 3 is 2.96 bits per heavy atom. The summed E-state index contributed by atoms with van der Waals surface area (Å²) in [6.07, 6.45) is 3.70. The van der Waals surface area contributed by atoms with E-state index in [4.69, 9.17) is 0 Å². The molecule has 0 spiro atoms. The van der Waals surface area contributed by atoms with Gasteiger partial charge in [-0.25, -0.2) is 9.97 Å².